The van der Waals surface area contributed by atoms with E-state index in [9.17, 15) is 62.3 Å². The summed E-state index contributed by atoms with van der Waals surface area (Å²) >= 11 is 0. The average molecular weight is 510 g/mol. The van der Waals surface area contributed by atoms with E-state index in [2.05, 4.69) is 16.1 Å². The Kier molecular flexibility index (Phi) is 6.77. The molecule has 2 saturated carbocycles. The number of ether oxygens (including phenoxy) is 2. The number of carbonyl (C=O) groups excluding carboxylic acids is 2. The lowest BCUT2D eigenvalue weighted by atomic mass is 9.86. The SMILES string of the molecule is C=C(C(=O)OC1CC2CC(C(=O)OCC(F)(F)C(F)(F)C(F)(F)C(F)(F)F)C1C2)C(F)(F)F. The van der Waals surface area contributed by atoms with Crippen LogP contribution in [0, 0.1) is 17.8 Å². The molecule has 0 N–H and O–H groups in total. The maximum Gasteiger partial charge on any atom is 0.460 e. The molecule has 0 saturated heterocycles. The van der Waals surface area contributed by atoms with E-state index in [0.717, 1.165) is 0 Å². The molecule has 2 aliphatic rings. The molecule has 190 valence electrons. The van der Waals surface area contributed by atoms with Gasteiger partial charge in [0.05, 0.1) is 5.92 Å². The summed E-state index contributed by atoms with van der Waals surface area (Å²) in [6.07, 6.45) is -13.6. The molecule has 0 aromatic rings. The van der Waals surface area contributed by atoms with E-state index >= 15 is 0 Å². The van der Waals surface area contributed by atoms with Gasteiger partial charge >= 0.3 is 42.1 Å². The van der Waals surface area contributed by atoms with Gasteiger partial charge in [-0.15, -0.1) is 0 Å². The Hall–Kier alpha value is -2.16. The average Bonchev–Trinajstić information content (AvgIpc) is 3.23. The summed E-state index contributed by atoms with van der Waals surface area (Å²) < 4.78 is 162. The maximum atomic E-state index is 13.5. The molecule has 0 spiro atoms. The number of halogens is 12. The molecule has 4 atom stereocenters. The normalized spacial score (nSPS) is 26.3. The number of alkyl halides is 12. The fourth-order valence-corrected chi connectivity index (χ4v) is 3.78. The second kappa shape index (κ2) is 8.25. The van der Waals surface area contributed by atoms with Gasteiger partial charge in [0.25, 0.3) is 0 Å². The second-order valence-corrected chi connectivity index (χ2v) is 7.72. The first-order valence-electron chi connectivity index (χ1n) is 8.97. The summed E-state index contributed by atoms with van der Waals surface area (Å²) in [5.74, 6) is -26.8. The Morgan fingerprint density at radius 3 is 1.82 bits per heavy atom. The quantitative estimate of drug-likeness (QED) is 0.273. The highest BCUT2D eigenvalue weighted by Crippen LogP contribution is 2.54. The van der Waals surface area contributed by atoms with Crippen LogP contribution in [-0.4, -0.2) is 54.8 Å². The van der Waals surface area contributed by atoms with Crippen molar-refractivity contribution in [2.24, 2.45) is 17.8 Å². The van der Waals surface area contributed by atoms with Crippen LogP contribution in [-0.2, 0) is 19.1 Å². The standard InChI is InChI=1S/C17H14F12O4/c1-6(14(20,21)22)11(30)33-10-4-7-2-8(10)9(3-7)12(31)32-5-13(18,19)15(23,24)16(25,26)17(27,28)29/h7-10H,1-5H2. The molecule has 0 aliphatic heterocycles. The molecule has 0 amide bonds. The van der Waals surface area contributed by atoms with Crippen LogP contribution in [0.1, 0.15) is 19.3 Å². The van der Waals surface area contributed by atoms with Crippen molar-refractivity contribution in [2.45, 2.75) is 55.5 Å². The Morgan fingerprint density at radius 1 is 0.818 bits per heavy atom. The van der Waals surface area contributed by atoms with Crippen LogP contribution in [0.4, 0.5) is 52.7 Å². The number of esters is 2. The molecule has 0 aromatic carbocycles. The summed E-state index contributed by atoms with van der Waals surface area (Å²) in [7, 11) is 0. The van der Waals surface area contributed by atoms with Crippen molar-refractivity contribution < 1.29 is 71.7 Å². The third-order valence-electron chi connectivity index (χ3n) is 5.51. The molecular formula is C17H14F12O4. The summed E-state index contributed by atoms with van der Waals surface area (Å²) in [6.45, 7) is -0.312. The van der Waals surface area contributed by atoms with Crippen molar-refractivity contribution >= 4 is 11.9 Å². The first-order valence-corrected chi connectivity index (χ1v) is 8.97. The lowest BCUT2D eigenvalue weighted by Gasteiger charge is -2.34. The van der Waals surface area contributed by atoms with E-state index < -0.39 is 78.1 Å². The fourth-order valence-electron chi connectivity index (χ4n) is 3.78. The summed E-state index contributed by atoms with van der Waals surface area (Å²) in [6, 6.07) is 0. The molecular weight excluding hydrogens is 496 g/mol. The van der Waals surface area contributed by atoms with E-state index in [4.69, 9.17) is 0 Å². The third-order valence-corrected chi connectivity index (χ3v) is 5.51. The van der Waals surface area contributed by atoms with Crippen LogP contribution in [0.5, 0.6) is 0 Å². The number of rotatable bonds is 7. The van der Waals surface area contributed by atoms with Crippen LogP contribution in [0.3, 0.4) is 0 Å². The highest BCUT2D eigenvalue weighted by molar-refractivity contribution is 5.89. The van der Waals surface area contributed by atoms with Crippen LogP contribution < -0.4 is 0 Å². The second-order valence-electron chi connectivity index (χ2n) is 7.72. The van der Waals surface area contributed by atoms with Gasteiger partial charge in [0, 0.05) is 5.92 Å². The zero-order chi connectivity index (χ0) is 25.8. The molecule has 33 heavy (non-hydrogen) atoms. The van der Waals surface area contributed by atoms with Crippen molar-refractivity contribution in [2.75, 3.05) is 6.61 Å². The Balaban J connectivity index is 2.05. The Bertz CT molecular complexity index is 801. The molecule has 2 aliphatic carbocycles. The summed E-state index contributed by atoms with van der Waals surface area (Å²) in [5.41, 5.74) is -1.86. The van der Waals surface area contributed by atoms with E-state index in [1.54, 1.807) is 0 Å². The first-order chi connectivity index (χ1) is 14.6. The van der Waals surface area contributed by atoms with Crippen molar-refractivity contribution in [3.8, 4) is 0 Å². The lowest BCUT2D eigenvalue weighted by Crippen LogP contribution is -2.62. The molecule has 2 fully saturated rings. The lowest BCUT2D eigenvalue weighted by molar-refractivity contribution is -0.399. The van der Waals surface area contributed by atoms with Crippen LogP contribution in [0.15, 0.2) is 12.2 Å². The summed E-state index contributed by atoms with van der Waals surface area (Å²) in [5, 5.41) is 0. The Morgan fingerprint density at radius 2 is 1.36 bits per heavy atom. The number of fused-ring (bicyclic) bond motifs is 2. The fraction of sp³-hybridized carbons (Fsp3) is 0.765. The smallest absolute Gasteiger partial charge is 0.459 e. The molecule has 4 unspecified atom stereocenters. The van der Waals surface area contributed by atoms with Crippen LogP contribution in [0.25, 0.3) is 0 Å². The van der Waals surface area contributed by atoms with E-state index in [1.165, 1.54) is 0 Å². The molecule has 4 nitrogen and oxygen atoms in total. The van der Waals surface area contributed by atoms with Gasteiger partial charge in [-0.2, -0.15) is 52.7 Å². The monoisotopic (exact) mass is 510 g/mol. The van der Waals surface area contributed by atoms with Crippen LogP contribution in [0.2, 0.25) is 0 Å². The largest absolute Gasteiger partial charge is 0.460 e. The predicted octanol–water partition coefficient (Wildman–Crippen LogP) is 5.07. The van der Waals surface area contributed by atoms with Gasteiger partial charge in [-0.1, -0.05) is 6.58 Å². The van der Waals surface area contributed by atoms with Gasteiger partial charge in [-0.05, 0) is 25.2 Å². The molecule has 0 radical (unpaired) electrons. The van der Waals surface area contributed by atoms with Gasteiger partial charge < -0.3 is 9.47 Å². The van der Waals surface area contributed by atoms with Crippen molar-refractivity contribution in [1.82, 2.24) is 0 Å². The molecule has 16 heteroatoms. The van der Waals surface area contributed by atoms with Gasteiger partial charge in [0.1, 0.15) is 11.7 Å². The minimum absolute atomic E-state index is 0.0165. The predicted molar refractivity (Wildman–Crippen MR) is 81.3 cm³/mol. The molecule has 0 heterocycles. The van der Waals surface area contributed by atoms with Gasteiger partial charge in [-0.3, -0.25) is 4.79 Å². The minimum Gasteiger partial charge on any atom is -0.459 e. The topological polar surface area (TPSA) is 52.6 Å². The van der Waals surface area contributed by atoms with E-state index in [-0.39, 0.29) is 19.3 Å². The van der Waals surface area contributed by atoms with Gasteiger partial charge in [0.15, 0.2) is 6.61 Å². The number of hydrogen-bond donors (Lipinski definition) is 0. The molecule has 0 aromatic heterocycles. The highest BCUT2D eigenvalue weighted by atomic mass is 19.4. The van der Waals surface area contributed by atoms with Crippen molar-refractivity contribution in [3.05, 3.63) is 12.2 Å². The third kappa shape index (κ3) is 4.88. The highest BCUT2D eigenvalue weighted by Gasteiger charge is 2.82. The zero-order valence-corrected chi connectivity index (χ0v) is 16.0. The number of carbonyl (C=O) groups is 2. The van der Waals surface area contributed by atoms with Gasteiger partial charge in [-0.25, -0.2) is 4.79 Å². The minimum atomic E-state index is -7.15. The van der Waals surface area contributed by atoms with E-state index in [0.29, 0.717) is 0 Å². The zero-order valence-electron chi connectivity index (χ0n) is 16.0. The molecule has 2 rings (SSSR count). The van der Waals surface area contributed by atoms with Gasteiger partial charge in [0.2, 0.25) is 0 Å². The first kappa shape index (κ1) is 27.1. The Labute approximate surface area is 176 Å². The van der Waals surface area contributed by atoms with Crippen molar-refractivity contribution in [1.29, 1.82) is 0 Å². The molecule has 2 bridgehead atoms. The van der Waals surface area contributed by atoms with E-state index in [1.807, 2.05) is 0 Å². The number of hydrogen-bond acceptors (Lipinski definition) is 4. The van der Waals surface area contributed by atoms with Crippen LogP contribution >= 0.6 is 0 Å². The summed E-state index contributed by atoms with van der Waals surface area (Å²) in [4.78, 5) is 23.6. The van der Waals surface area contributed by atoms with Crippen molar-refractivity contribution in [3.63, 3.8) is 0 Å². The maximum absolute atomic E-state index is 13.5.